The van der Waals surface area contributed by atoms with E-state index in [0.29, 0.717) is 42.2 Å². The molecule has 43 heavy (non-hydrogen) atoms. The Morgan fingerprint density at radius 1 is 1.00 bits per heavy atom. The number of carboxylic acid groups (broad SMARTS) is 1. The molecule has 0 fully saturated rings. The number of ketones is 1. The summed E-state index contributed by atoms with van der Waals surface area (Å²) in [5, 5.41) is 21.6. The molecule has 1 atom stereocenters. The minimum Gasteiger partial charge on any atom is -0.465 e. The Bertz CT molecular complexity index is 1640. The van der Waals surface area contributed by atoms with Gasteiger partial charge in [0.2, 0.25) is 5.78 Å². The van der Waals surface area contributed by atoms with Crippen LogP contribution >= 0.6 is 0 Å². The predicted octanol–water partition coefficient (Wildman–Crippen LogP) is 4.96. The van der Waals surface area contributed by atoms with Gasteiger partial charge in [0.25, 0.3) is 5.91 Å². The van der Waals surface area contributed by atoms with Crippen molar-refractivity contribution in [3.63, 3.8) is 0 Å². The van der Waals surface area contributed by atoms with Crippen LogP contribution in [0.4, 0.5) is 4.79 Å². The van der Waals surface area contributed by atoms with E-state index in [-0.39, 0.29) is 30.2 Å². The first kappa shape index (κ1) is 31.1. The molecule has 0 aliphatic heterocycles. The van der Waals surface area contributed by atoms with E-state index in [1.165, 1.54) is 9.70 Å². The highest BCUT2D eigenvalue weighted by atomic mass is 16.4. The second-order valence-corrected chi connectivity index (χ2v) is 10.7. The average Bonchev–Trinajstić information content (AvgIpc) is 3.59. The summed E-state index contributed by atoms with van der Waals surface area (Å²) in [7, 11) is 1.68. The highest BCUT2D eigenvalue weighted by Crippen LogP contribution is 2.23. The van der Waals surface area contributed by atoms with Crippen LogP contribution in [0.5, 0.6) is 0 Å². The Labute approximate surface area is 251 Å². The maximum Gasteiger partial charge on any atom is 0.407 e. The number of carbonyl (C=O) groups is 3. The Balaban J connectivity index is 1.57. The first-order valence-corrected chi connectivity index (χ1v) is 14.6. The topological polar surface area (TPSA) is 126 Å². The zero-order chi connectivity index (χ0) is 31.3. The molecule has 11 nitrogen and oxygen atoms in total. The Morgan fingerprint density at radius 2 is 1.72 bits per heavy atom. The standard InChI is InChI=1S/C32H39N7O4/c1-7-23-18-26-19-25(31(41)37(8-2)20-28-33-35-36(6)34-28)16-17-39(26)29(23)30(40)24-13-10-22(11-14-24)12-15-27(21(4)5)38(9-3)32(42)43/h10-19,21,27H,7-9,20H2,1-6H3,(H,42,43). The lowest BCUT2D eigenvalue weighted by Gasteiger charge is -2.29. The fourth-order valence-corrected chi connectivity index (χ4v) is 5.21. The normalized spacial score (nSPS) is 12.3. The molecule has 0 aliphatic rings. The van der Waals surface area contributed by atoms with E-state index in [9.17, 15) is 19.5 Å². The number of pyridine rings is 1. The lowest BCUT2D eigenvalue weighted by Crippen LogP contribution is -2.41. The number of carbonyl (C=O) groups excluding carboxylic acids is 2. The van der Waals surface area contributed by atoms with Gasteiger partial charge in [-0.05, 0) is 60.7 Å². The minimum absolute atomic E-state index is 0.110. The molecule has 4 rings (SSSR count). The number of hydrogen-bond donors (Lipinski definition) is 1. The van der Waals surface area contributed by atoms with E-state index in [1.807, 2.05) is 69.4 Å². The van der Waals surface area contributed by atoms with Gasteiger partial charge in [0.1, 0.15) is 0 Å². The predicted molar refractivity (Wildman–Crippen MR) is 164 cm³/mol. The molecule has 0 bridgehead atoms. The van der Waals surface area contributed by atoms with Crippen molar-refractivity contribution in [1.29, 1.82) is 0 Å². The monoisotopic (exact) mass is 585 g/mol. The molecule has 1 aromatic carbocycles. The summed E-state index contributed by atoms with van der Waals surface area (Å²) in [4.78, 5) is 43.2. The van der Waals surface area contributed by atoms with Crippen molar-refractivity contribution in [2.75, 3.05) is 13.1 Å². The van der Waals surface area contributed by atoms with Crippen LogP contribution in [0.25, 0.3) is 11.6 Å². The first-order valence-electron chi connectivity index (χ1n) is 14.6. The smallest absolute Gasteiger partial charge is 0.407 e. The Hall–Kier alpha value is -4.80. The third-order valence-corrected chi connectivity index (χ3v) is 7.53. The molecule has 3 heterocycles. The van der Waals surface area contributed by atoms with Crippen LogP contribution in [0.1, 0.15) is 78.0 Å². The number of tetrazole rings is 1. The number of fused-ring (bicyclic) bond motifs is 1. The molecule has 2 amide bonds. The number of aryl methyl sites for hydroxylation is 2. The van der Waals surface area contributed by atoms with Gasteiger partial charge < -0.3 is 19.3 Å². The van der Waals surface area contributed by atoms with Crippen molar-refractivity contribution in [2.45, 2.75) is 53.6 Å². The van der Waals surface area contributed by atoms with E-state index in [0.717, 1.165) is 16.6 Å². The maximum absolute atomic E-state index is 13.7. The van der Waals surface area contributed by atoms with Crippen LogP contribution in [0, 0.1) is 5.92 Å². The van der Waals surface area contributed by atoms with Crippen LogP contribution in [0.2, 0.25) is 0 Å². The molecular weight excluding hydrogens is 546 g/mol. The van der Waals surface area contributed by atoms with Crippen LogP contribution < -0.4 is 0 Å². The third kappa shape index (κ3) is 6.82. The second-order valence-electron chi connectivity index (χ2n) is 10.7. The molecule has 0 spiro atoms. The Morgan fingerprint density at radius 3 is 2.28 bits per heavy atom. The number of nitrogens with zero attached hydrogens (tertiary/aromatic N) is 7. The summed E-state index contributed by atoms with van der Waals surface area (Å²) in [6.07, 6.45) is 5.27. The van der Waals surface area contributed by atoms with E-state index in [1.54, 1.807) is 42.4 Å². The SMILES string of the molecule is CCc1cc2cc(C(=O)N(CC)Cc3nnn(C)n3)ccn2c1C(=O)c1ccc(C=CC(C(C)C)N(CC)C(=O)O)cc1. The number of benzene rings is 1. The van der Waals surface area contributed by atoms with Crippen LogP contribution in [0.15, 0.2) is 54.7 Å². The average molecular weight is 586 g/mol. The van der Waals surface area contributed by atoms with Gasteiger partial charge >= 0.3 is 6.09 Å². The zero-order valence-electron chi connectivity index (χ0n) is 25.6. The molecule has 4 aromatic rings. The maximum atomic E-state index is 13.7. The van der Waals surface area contributed by atoms with Crippen LogP contribution in [-0.2, 0) is 20.0 Å². The van der Waals surface area contributed by atoms with Crippen molar-refractivity contribution >= 4 is 29.4 Å². The highest BCUT2D eigenvalue weighted by molar-refractivity contribution is 6.10. The van der Waals surface area contributed by atoms with Gasteiger partial charge in [-0.3, -0.25) is 9.59 Å². The largest absolute Gasteiger partial charge is 0.465 e. The van der Waals surface area contributed by atoms with Crippen LogP contribution in [-0.4, -0.2) is 76.4 Å². The highest BCUT2D eigenvalue weighted by Gasteiger charge is 2.23. The molecule has 226 valence electrons. The number of amides is 2. The van der Waals surface area contributed by atoms with Crippen molar-refractivity contribution in [3.8, 4) is 0 Å². The number of likely N-dealkylation sites (N-methyl/N-ethyl adjacent to an activating group) is 1. The van der Waals surface area contributed by atoms with E-state index < -0.39 is 6.09 Å². The van der Waals surface area contributed by atoms with E-state index in [4.69, 9.17) is 0 Å². The first-order chi connectivity index (χ1) is 20.6. The van der Waals surface area contributed by atoms with Gasteiger partial charge in [0.05, 0.1) is 25.3 Å². The van der Waals surface area contributed by atoms with Crippen LogP contribution in [0.3, 0.4) is 0 Å². The van der Waals surface area contributed by atoms with Gasteiger partial charge in [-0.25, -0.2) is 4.79 Å². The van der Waals surface area contributed by atoms with Gasteiger partial charge in [0, 0.05) is 35.9 Å². The minimum atomic E-state index is -0.948. The third-order valence-electron chi connectivity index (χ3n) is 7.53. The molecule has 0 aliphatic carbocycles. The lowest BCUT2D eigenvalue weighted by atomic mass is 9.99. The summed E-state index contributed by atoms with van der Waals surface area (Å²) in [6.45, 7) is 10.8. The van der Waals surface area contributed by atoms with Gasteiger partial charge in [0.15, 0.2) is 5.82 Å². The van der Waals surface area contributed by atoms with E-state index >= 15 is 0 Å². The van der Waals surface area contributed by atoms with Crippen molar-refractivity contribution in [2.24, 2.45) is 13.0 Å². The summed E-state index contributed by atoms with van der Waals surface area (Å²) in [6, 6.07) is 12.5. The summed E-state index contributed by atoms with van der Waals surface area (Å²) < 4.78 is 1.84. The molecule has 1 unspecified atom stereocenters. The molecule has 3 aromatic heterocycles. The van der Waals surface area contributed by atoms with E-state index in [2.05, 4.69) is 15.4 Å². The molecule has 11 heteroatoms. The lowest BCUT2D eigenvalue weighted by molar-refractivity contribution is 0.0748. The van der Waals surface area contributed by atoms with Gasteiger partial charge in [-0.1, -0.05) is 57.2 Å². The number of hydrogen-bond acceptors (Lipinski definition) is 6. The quantitative estimate of drug-likeness (QED) is 0.233. The summed E-state index contributed by atoms with van der Waals surface area (Å²) in [5.74, 6) is 0.308. The molecule has 0 radical (unpaired) electrons. The fourth-order valence-electron chi connectivity index (χ4n) is 5.21. The van der Waals surface area contributed by atoms with Gasteiger partial charge in [-0.2, -0.15) is 4.80 Å². The Kier molecular flexibility index (Phi) is 9.74. The number of aromatic nitrogens is 5. The molecular formula is C32H39N7O4. The molecule has 1 N–H and O–H groups in total. The van der Waals surface area contributed by atoms with Crippen molar-refractivity contribution in [1.82, 2.24) is 34.4 Å². The summed E-state index contributed by atoms with van der Waals surface area (Å²) >= 11 is 0. The van der Waals surface area contributed by atoms with Crippen molar-refractivity contribution < 1.29 is 19.5 Å². The molecule has 0 saturated heterocycles. The molecule has 0 saturated carbocycles. The summed E-state index contributed by atoms with van der Waals surface area (Å²) in [5.41, 5.74) is 4.15. The van der Waals surface area contributed by atoms with Gasteiger partial charge in [-0.15, -0.1) is 10.2 Å². The number of rotatable bonds is 12. The van der Waals surface area contributed by atoms with Crippen molar-refractivity contribution in [3.05, 3.63) is 88.5 Å². The zero-order valence-corrected chi connectivity index (χ0v) is 25.6. The second kappa shape index (κ2) is 13.5. The fraction of sp³-hybridized carbons (Fsp3) is 0.375.